The molecule has 6 heteroatoms. The lowest BCUT2D eigenvalue weighted by Crippen LogP contribution is -2.23. The van der Waals surface area contributed by atoms with Crippen LogP contribution in [0.3, 0.4) is 0 Å². The van der Waals surface area contributed by atoms with Crippen molar-refractivity contribution in [3.63, 3.8) is 0 Å². The van der Waals surface area contributed by atoms with Crippen LogP contribution in [0.25, 0.3) is 0 Å². The van der Waals surface area contributed by atoms with Crippen LogP contribution in [0, 0.1) is 0 Å². The number of carbonyl (C=O) groups excluding carboxylic acids is 1. The molecule has 0 spiro atoms. The number of benzene rings is 2. The predicted octanol–water partition coefficient (Wildman–Crippen LogP) is 3.64. The number of hydrogen-bond acceptors (Lipinski definition) is 4. The zero-order chi connectivity index (χ0) is 17.4. The second-order valence-electron chi connectivity index (χ2n) is 5.17. The van der Waals surface area contributed by atoms with Crippen molar-refractivity contribution in [2.75, 3.05) is 13.7 Å². The number of phenolic OH excluding ortho intramolecular Hbond substituents is 1. The molecule has 0 bridgehead atoms. The van der Waals surface area contributed by atoms with Crippen molar-refractivity contribution in [2.24, 2.45) is 0 Å². The Morgan fingerprint density at radius 1 is 1.21 bits per heavy atom. The third-order valence-electron chi connectivity index (χ3n) is 3.38. The van der Waals surface area contributed by atoms with Crippen molar-refractivity contribution in [2.45, 2.75) is 19.4 Å². The molecule has 0 aliphatic heterocycles. The van der Waals surface area contributed by atoms with Gasteiger partial charge in [0, 0.05) is 13.0 Å². The minimum atomic E-state index is -0.0437. The van der Waals surface area contributed by atoms with Crippen LogP contribution in [0.4, 0.5) is 0 Å². The average molecular weight is 394 g/mol. The number of rotatable bonds is 8. The van der Waals surface area contributed by atoms with E-state index in [2.05, 4.69) is 21.2 Å². The highest BCUT2D eigenvalue weighted by Gasteiger charge is 2.06. The Labute approximate surface area is 149 Å². The summed E-state index contributed by atoms with van der Waals surface area (Å²) < 4.78 is 11.6. The van der Waals surface area contributed by atoms with Gasteiger partial charge in [-0.1, -0.05) is 18.2 Å². The molecule has 0 saturated carbocycles. The van der Waals surface area contributed by atoms with E-state index in [4.69, 9.17) is 9.47 Å². The molecule has 2 aromatic rings. The highest BCUT2D eigenvalue weighted by molar-refractivity contribution is 9.10. The molecule has 0 saturated heterocycles. The molecule has 2 N–H and O–H groups in total. The zero-order valence-electron chi connectivity index (χ0n) is 13.4. The largest absolute Gasteiger partial charge is 0.504 e. The topological polar surface area (TPSA) is 67.8 Å². The SMILES string of the molecule is COc1cc(CNC(=O)CCCOc2ccccc2Br)ccc1O. The summed E-state index contributed by atoms with van der Waals surface area (Å²) in [5.74, 6) is 1.20. The fourth-order valence-electron chi connectivity index (χ4n) is 2.10. The minimum Gasteiger partial charge on any atom is -0.504 e. The molecule has 2 aromatic carbocycles. The number of amides is 1. The monoisotopic (exact) mass is 393 g/mol. The maximum absolute atomic E-state index is 11.9. The van der Waals surface area contributed by atoms with E-state index in [0.717, 1.165) is 15.8 Å². The van der Waals surface area contributed by atoms with Crippen LogP contribution >= 0.6 is 15.9 Å². The average Bonchev–Trinajstić information content (AvgIpc) is 2.59. The number of ether oxygens (including phenoxy) is 2. The van der Waals surface area contributed by atoms with Gasteiger partial charge in [-0.2, -0.15) is 0 Å². The van der Waals surface area contributed by atoms with Gasteiger partial charge >= 0.3 is 0 Å². The first kappa shape index (κ1) is 18.1. The summed E-state index contributed by atoms with van der Waals surface area (Å²) in [7, 11) is 1.49. The highest BCUT2D eigenvalue weighted by atomic mass is 79.9. The Kier molecular flexibility index (Phi) is 6.93. The molecule has 5 nitrogen and oxygen atoms in total. The predicted molar refractivity (Wildman–Crippen MR) is 95.4 cm³/mol. The Balaban J connectivity index is 1.69. The van der Waals surface area contributed by atoms with Crippen LogP contribution in [-0.2, 0) is 11.3 Å². The number of methoxy groups -OCH3 is 1. The Morgan fingerprint density at radius 2 is 2.00 bits per heavy atom. The summed E-state index contributed by atoms with van der Waals surface area (Å²) in [4.78, 5) is 11.9. The molecule has 0 unspecified atom stereocenters. The van der Waals surface area contributed by atoms with Gasteiger partial charge in [-0.25, -0.2) is 0 Å². The number of carbonyl (C=O) groups is 1. The Morgan fingerprint density at radius 3 is 2.75 bits per heavy atom. The van der Waals surface area contributed by atoms with Crippen molar-refractivity contribution in [1.29, 1.82) is 0 Å². The fraction of sp³-hybridized carbons (Fsp3) is 0.278. The molecular formula is C18H20BrNO4. The van der Waals surface area contributed by atoms with E-state index in [1.807, 2.05) is 24.3 Å². The quantitative estimate of drug-likeness (QED) is 0.671. The van der Waals surface area contributed by atoms with Crippen LogP contribution in [0.15, 0.2) is 46.9 Å². The molecule has 0 aromatic heterocycles. The van der Waals surface area contributed by atoms with Crippen LogP contribution in [0.2, 0.25) is 0 Å². The molecule has 2 rings (SSSR count). The number of phenols is 1. The summed E-state index contributed by atoms with van der Waals surface area (Å²) in [6.07, 6.45) is 1.02. The smallest absolute Gasteiger partial charge is 0.220 e. The first-order valence-corrected chi connectivity index (χ1v) is 8.39. The highest BCUT2D eigenvalue weighted by Crippen LogP contribution is 2.26. The number of aromatic hydroxyl groups is 1. The second-order valence-corrected chi connectivity index (χ2v) is 6.02. The standard InChI is InChI=1S/C18H20BrNO4/c1-23-17-11-13(8-9-15(17)21)12-20-18(22)7-4-10-24-16-6-3-2-5-14(16)19/h2-3,5-6,8-9,11,21H,4,7,10,12H2,1H3,(H,20,22). The molecule has 0 aliphatic carbocycles. The first-order valence-electron chi connectivity index (χ1n) is 7.60. The number of hydrogen-bond donors (Lipinski definition) is 2. The van der Waals surface area contributed by atoms with Gasteiger partial charge in [0.15, 0.2) is 11.5 Å². The summed E-state index contributed by atoms with van der Waals surface area (Å²) in [6.45, 7) is 0.865. The molecule has 0 aliphatic rings. The molecular weight excluding hydrogens is 374 g/mol. The van der Waals surface area contributed by atoms with E-state index >= 15 is 0 Å². The van der Waals surface area contributed by atoms with Gasteiger partial charge in [-0.15, -0.1) is 0 Å². The number of para-hydroxylation sites is 1. The van der Waals surface area contributed by atoms with Gasteiger partial charge in [0.1, 0.15) is 5.75 Å². The molecule has 0 radical (unpaired) electrons. The summed E-state index contributed by atoms with van der Waals surface area (Å²) >= 11 is 3.41. The van der Waals surface area contributed by atoms with Crippen LogP contribution in [0.1, 0.15) is 18.4 Å². The fourth-order valence-corrected chi connectivity index (χ4v) is 2.50. The lowest BCUT2D eigenvalue weighted by molar-refractivity contribution is -0.121. The summed E-state index contributed by atoms with van der Waals surface area (Å²) in [6, 6.07) is 12.6. The number of halogens is 1. The minimum absolute atomic E-state index is 0.0437. The third-order valence-corrected chi connectivity index (χ3v) is 4.03. The van der Waals surface area contributed by atoms with E-state index in [9.17, 15) is 9.90 Å². The van der Waals surface area contributed by atoms with Crippen LogP contribution in [0.5, 0.6) is 17.2 Å². The summed E-state index contributed by atoms with van der Waals surface area (Å²) in [5, 5.41) is 12.4. The lowest BCUT2D eigenvalue weighted by Gasteiger charge is -2.09. The molecule has 128 valence electrons. The van der Waals surface area contributed by atoms with Gasteiger partial charge in [-0.3, -0.25) is 4.79 Å². The summed E-state index contributed by atoms with van der Waals surface area (Å²) in [5.41, 5.74) is 0.863. The second kappa shape index (κ2) is 9.17. The van der Waals surface area contributed by atoms with Crippen molar-refractivity contribution >= 4 is 21.8 Å². The van der Waals surface area contributed by atoms with E-state index in [1.54, 1.807) is 18.2 Å². The third kappa shape index (κ3) is 5.45. The van der Waals surface area contributed by atoms with Gasteiger partial charge in [-0.05, 0) is 52.2 Å². The van der Waals surface area contributed by atoms with Crippen molar-refractivity contribution < 1.29 is 19.4 Å². The van der Waals surface area contributed by atoms with Gasteiger partial charge in [0.05, 0.1) is 18.2 Å². The molecule has 24 heavy (non-hydrogen) atoms. The van der Waals surface area contributed by atoms with E-state index < -0.39 is 0 Å². The van der Waals surface area contributed by atoms with Gasteiger partial charge in [0.25, 0.3) is 0 Å². The van der Waals surface area contributed by atoms with Crippen molar-refractivity contribution in [1.82, 2.24) is 5.32 Å². The van der Waals surface area contributed by atoms with E-state index in [0.29, 0.717) is 31.7 Å². The lowest BCUT2D eigenvalue weighted by atomic mass is 10.2. The Bertz CT molecular complexity index is 690. The van der Waals surface area contributed by atoms with Gasteiger partial charge in [0.2, 0.25) is 5.91 Å². The molecule has 0 atom stereocenters. The zero-order valence-corrected chi connectivity index (χ0v) is 15.0. The maximum atomic E-state index is 11.9. The van der Waals surface area contributed by atoms with Crippen molar-refractivity contribution in [3.05, 3.63) is 52.5 Å². The Hall–Kier alpha value is -2.21. The normalized spacial score (nSPS) is 10.2. The molecule has 0 fully saturated rings. The molecule has 0 heterocycles. The molecule has 1 amide bonds. The van der Waals surface area contributed by atoms with Crippen LogP contribution in [-0.4, -0.2) is 24.7 Å². The van der Waals surface area contributed by atoms with Crippen LogP contribution < -0.4 is 14.8 Å². The maximum Gasteiger partial charge on any atom is 0.220 e. The van der Waals surface area contributed by atoms with Gasteiger partial charge < -0.3 is 19.9 Å². The van der Waals surface area contributed by atoms with E-state index in [1.165, 1.54) is 7.11 Å². The van der Waals surface area contributed by atoms with Crippen molar-refractivity contribution in [3.8, 4) is 17.2 Å². The number of nitrogens with one attached hydrogen (secondary N) is 1. The van der Waals surface area contributed by atoms with E-state index in [-0.39, 0.29) is 11.7 Å². The first-order chi connectivity index (χ1) is 11.6.